The van der Waals surface area contributed by atoms with Crippen molar-refractivity contribution in [3.05, 3.63) is 47.3 Å². The molecule has 7 nitrogen and oxygen atoms in total. The third-order valence-electron chi connectivity index (χ3n) is 3.97. The highest BCUT2D eigenvalue weighted by Gasteiger charge is 2.30. The summed E-state index contributed by atoms with van der Waals surface area (Å²) in [6.45, 7) is 3.35. The molecule has 1 aliphatic heterocycles. The summed E-state index contributed by atoms with van der Waals surface area (Å²) < 4.78 is 7.00. The summed E-state index contributed by atoms with van der Waals surface area (Å²) in [4.78, 5) is 14.3. The molecule has 0 atom stereocenters. The topological polar surface area (TPSA) is 87.0 Å². The first-order valence-electron chi connectivity index (χ1n) is 7.81. The maximum Gasteiger partial charge on any atom is 0.359 e. The van der Waals surface area contributed by atoms with Gasteiger partial charge in [0, 0.05) is 25.1 Å². The van der Waals surface area contributed by atoms with E-state index in [-0.39, 0.29) is 0 Å². The highest BCUT2D eigenvalue weighted by Crippen LogP contribution is 2.26. The Balaban J connectivity index is 2.05. The first-order chi connectivity index (χ1) is 11.7. The highest BCUT2D eigenvalue weighted by molar-refractivity contribution is 7.80. The molecule has 24 heavy (non-hydrogen) atoms. The van der Waals surface area contributed by atoms with Crippen LogP contribution in [0, 0.1) is 0 Å². The summed E-state index contributed by atoms with van der Waals surface area (Å²) in [5, 5.41) is 5.09. The lowest BCUT2D eigenvalue weighted by Gasteiger charge is -2.28. The number of carbonyl (C=O) groups excluding carboxylic acids is 1. The number of hydrogen-bond acceptors (Lipinski definition) is 4. The van der Waals surface area contributed by atoms with Gasteiger partial charge in [-0.2, -0.15) is 5.10 Å². The number of quaternary nitrogens is 1. The van der Waals surface area contributed by atoms with Gasteiger partial charge in [0.25, 0.3) is 0 Å². The molecule has 2 aromatic rings. The maximum absolute atomic E-state index is 12.3. The van der Waals surface area contributed by atoms with Gasteiger partial charge in [-0.25, -0.2) is 14.9 Å². The standard InChI is InChI=1S/C16H19N5O2S/c1-2-23-15(22)14-12-10-20(16(24)18-17)9-8-13(12)21(19-14)11-6-4-3-5-7-11/h3-7H,2,8-10,17H2,1H3,(H,18,24)/p+1. The largest absolute Gasteiger partial charge is 0.461 e. The average Bonchev–Trinajstić information content (AvgIpc) is 3.01. The fraction of sp³-hybridized carbons (Fsp3) is 0.312. The van der Waals surface area contributed by atoms with Crippen molar-refractivity contribution in [3.8, 4) is 5.69 Å². The van der Waals surface area contributed by atoms with E-state index in [1.807, 2.05) is 39.9 Å². The van der Waals surface area contributed by atoms with Crippen LogP contribution in [0.3, 0.4) is 0 Å². The first-order valence-corrected chi connectivity index (χ1v) is 8.21. The number of rotatable bonds is 3. The Bertz CT molecular complexity index is 759. The SMILES string of the molecule is CCOC(=O)c1nn(-c2ccccc2)c2c1CN(C(=S)N[NH3+])CC2. The van der Waals surface area contributed by atoms with Gasteiger partial charge in [0.1, 0.15) is 0 Å². The van der Waals surface area contributed by atoms with Crippen molar-refractivity contribution in [2.24, 2.45) is 0 Å². The van der Waals surface area contributed by atoms with Gasteiger partial charge < -0.3 is 9.64 Å². The number of thiocarbonyl (C=S) groups is 1. The zero-order valence-electron chi connectivity index (χ0n) is 13.5. The molecule has 4 N–H and O–H groups in total. The fourth-order valence-corrected chi connectivity index (χ4v) is 3.01. The van der Waals surface area contributed by atoms with Crippen molar-refractivity contribution in [3.63, 3.8) is 0 Å². The van der Waals surface area contributed by atoms with Gasteiger partial charge in [0.2, 0.25) is 5.11 Å². The minimum absolute atomic E-state index is 0.314. The second-order valence-corrected chi connectivity index (χ2v) is 5.78. The lowest BCUT2D eigenvalue weighted by Crippen LogP contribution is -2.69. The lowest BCUT2D eigenvalue weighted by molar-refractivity contribution is -0.420. The van der Waals surface area contributed by atoms with Crippen molar-refractivity contribution >= 4 is 23.3 Å². The van der Waals surface area contributed by atoms with E-state index in [9.17, 15) is 4.79 Å². The van der Waals surface area contributed by atoms with Crippen LogP contribution in [-0.4, -0.2) is 38.9 Å². The van der Waals surface area contributed by atoms with Crippen molar-refractivity contribution in [2.45, 2.75) is 19.9 Å². The van der Waals surface area contributed by atoms with Crippen LogP contribution in [0.5, 0.6) is 0 Å². The minimum atomic E-state index is -0.404. The third kappa shape index (κ3) is 2.98. The number of fused-ring (bicyclic) bond motifs is 1. The normalized spacial score (nSPS) is 13.3. The van der Waals surface area contributed by atoms with E-state index in [4.69, 9.17) is 17.0 Å². The summed E-state index contributed by atoms with van der Waals surface area (Å²) in [6.07, 6.45) is 0.735. The first kappa shape index (κ1) is 16.4. The average molecular weight is 346 g/mol. The van der Waals surface area contributed by atoms with Crippen LogP contribution in [0.4, 0.5) is 0 Å². The van der Waals surface area contributed by atoms with Crippen LogP contribution >= 0.6 is 12.2 Å². The summed E-state index contributed by atoms with van der Waals surface area (Å²) in [6, 6.07) is 9.79. The molecule has 0 saturated heterocycles. The monoisotopic (exact) mass is 346 g/mol. The van der Waals surface area contributed by atoms with Gasteiger partial charge in [-0.05, 0) is 31.3 Å². The van der Waals surface area contributed by atoms with Crippen molar-refractivity contribution in [1.29, 1.82) is 0 Å². The van der Waals surface area contributed by atoms with Crippen LogP contribution < -0.4 is 11.3 Å². The van der Waals surface area contributed by atoms with E-state index in [0.29, 0.717) is 24.0 Å². The molecular weight excluding hydrogens is 326 g/mol. The van der Waals surface area contributed by atoms with Crippen LogP contribution in [0.2, 0.25) is 0 Å². The molecule has 0 unspecified atom stereocenters. The second-order valence-electron chi connectivity index (χ2n) is 5.40. The van der Waals surface area contributed by atoms with Crippen molar-refractivity contribution < 1.29 is 15.4 Å². The summed E-state index contributed by atoms with van der Waals surface area (Å²) >= 11 is 5.27. The molecule has 0 bridgehead atoms. The molecule has 126 valence electrons. The number of aromatic nitrogens is 2. The van der Waals surface area contributed by atoms with Gasteiger partial charge >= 0.3 is 5.97 Å². The maximum atomic E-state index is 12.3. The van der Waals surface area contributed by atoms with Crippen LogP contribution in [0.15, 0.2) is 30.3 Å². The Morgan fingerprint density at radius 2 is 2.17 bits per heavy atom. The Labute approximate surface area is 145 Å². The molecule has 0 spiro atoms. The molecule has 0 radical (unpaired) electrons. The molecule has 3 rings (SSSR count). The molecule has 0 fully saturated rings. The molecule has 0 amide bonds. The Hall–Kier alpha value is -2.45. The van der Waals surface area contributed by atoms with Gasteiger partial charge in [-0.3, -0.25) is 5.84 Å². The Kier molecular flexibility index (Phi) is 4.77. The number of ether oxygens (including phenoxy) is 1. The summed E-state index contributed by atoms with van der Waals surface area (Å²) in [7, 11) is 0. The van der Waals surface area contributed by atoms with E-state index in [1.165, 1.54) is 0 Å². The summed E-state index contributed by atoms with van der Waals surface area (Å²) in [5.41, 5.74) is 5.91. The predicted octanol–water partition coefficient (Wildman–Crippen LogP) is 0.439. The molecule has 1 aromatic heterocycles. The molecule has 8 heteroatoms. The van der Waals surface area contributed by atoms with Gasteiger partial charge in [-0.15, -0.1) is 0 Å². The van der Waals surface area contributed by atoms with Crippen LogP contribution in [-0.2, 0) is 17.7 Å². The van der Waals surface area contributed by atoms with Gasteiger partial charge in [-0.1, -0.05) is 18.2 Å². The van der Waals surface area contributed by atoms with Crippen molar-refractivity contribution in [2.75, 3.05) is 13.2 Å². The number of benzene rings is 1. The molecule has 1 aromatic carbocycles. The number of carbonyl (C=O) groups is 1. The number of nitrogens with one attached hydrogen (secondary N) is 1. The zero-order chi connectivity index (χ0) is 17.1. The van der Waals surface area contributed by atoms with E-state index in [2.05, 4.69) is 16.4 Å². The smallest absolute Gasteiger partial charge is 0.359 e. The Morgan fingerprint density at radius 3 is 2.83 bits per heavy atom. The Morgan fingerprint density at radius 1 is 1.42 bits per heavy atom. The minimum Gasteiger partial charge on any atom is -0.461 e. The highest BCUT2D eigenvalue weighted by atomic mass is 32.1. The van der Waals surface area contributed by atoms with Crippen molar-refractivity contribution in [1.82, 2.24) is 20.1 Å². The molecule has 1 aliphatic rings. The molecule has 0 saturated carbocycles. The number of esters is 1. The third-order valence-corrected chi connectivity index (χ3v) is 4.37. The predicted molar refractivity (Wildman–Crippen MR) is 92.3 cm³/mol. The van der Waals surface area contributed by atoms with Crippen LogP contribution in [0.25, 0.3) is 5.69 Å². The quantitative estimate of drug-likeness (QED) is 0.476. The molecule has 0 aliphatic carbocycles. The fourth-order valence-electron chi connectivity index (χ4n) is 2.85. The van der Waals surface area contributed by atoms with E-state index in [0.717, 1.165) is 29.9 Å². The molecule has 2 heterocycles. The van der Waals surface area contributed by atoms with E-state index in [1.54, 1.807) is 6.92 Å². The zero-order valence-corrected chi connectivity index (χ0v) is 14.3. The number of hydrogen-bond donors (Lipinski definition) is 2. The molecular formula is C16H20N5O2S+. The summed E-state index contributed by atoms with van der Waals surface area (Å²) in [5.74, 6) is 3.21. The van der Waals surface area contributed by atoms with Gasteiger partial charge in [0.05, 0.1) is 18.0 Å². The van der Waals surface area contributed by atoms with Crippen LogP contribution in [0.1, 0.15) is 28.7 Å². The lowest BCUT2D eigenvalue weighted by atomic mass is 10.1. The van der Waals surface area contributed by atoms with Gasteiger partial charge in [0.15, 0.2) is 5.69 Å². The van der Waals surface area contributed by atoms with E-state index < -0.39 is 5.97 Å². The number of nitrogens with zero attached hydrogens (tertiary/aromatic N) is 3. The number of para-hydroxylation sites is 1. The van der Waals surface area contributed by atoms with E-state index >= 15 is 0 Å². The second kappa shape index (κ2) is 6.98.